The van der Waals surface area contributed by atoms with Crippen LogP contribution >= 0.6 is 11.3 Å². The van der Waals surface area contributed by atoms with Gasteiger partial charge in [0.05, 0.1) is 19.2 Å². The fourth-order valence-corrected chi connectivity index (χ4v) is 3.92. The van der Waals surface area contributed by atoms with Gasteiger partial charge < -0.3 is 15.4 Å². The Morgan fingerprint density at radius 2 is 1.96 bits per heavy atom. The Bertz CT molecular complexity index is 767. The number of amides is 2. The second kappa shape index (κ2) is 9.50. The number of hydrogen-bond acceptors (Lipinski definition) is 5. The first-order valence-corrected chi connectivity index (χ1v) is 10.2. The number of methoxy groups -OCH3 is 1. The molecule has 1 aliphatic carbocycles. The molecule has 0 saturated heterocycles. The maximum atomic E-state index is 12.1. The van der Waals surface area contributed by atoms with Crippen LogP contribution in [0.25, 0.3) is 0 Å². The van der Waals surface area contributed by atoms with Crippen molar-refractivity contribution in [3.05, 3.63) is 40.9 Å². The van der Waals surface area contributed by atoms with Crippen molar-refractivity contribution in [3.63, 3.8) is 0 Å². The summed E-state index contributed by atoms with van der Waals surface area (Å²) in [5.74, 6) is 0.917. The van der Waals surface area contributed by atoms with Gasteiger partial charge in [0.2, 0.25) is 11.8 Å². The Balaban J connectivity index is 1.40. The molecule has 6 nitrogen and oxygen atoms in total. The minimum absolute atomic E-state index is 0.0531. The third kappa shape index (κ3) is 5.79. The van der Waals surface area contributed by atoms with E-state index >= 15 is 0 Å². The first-order valence-electron chi connectivity index (χ1n) is 9.29. The average Bonchev–Trinajstić information content (AvgIpc) is 3.34. The van der Waals surface area contributed by atoms with E-state index < -0.39 is 0 Å². The van der Waals surface area contributed by atoms with Gasteiger partial charge in [0.25, 0.3) is 0 Å². The van der Waals surface area contributed by atoms with Crippen molar-refractivity contribution in [2.24, 2.45) is 5.92 Å². The first-order chi connectivity index (χ1) is 13.1. The SMILES string of the molecule is COc1ccc(CCNC(=O)Cc2csc(NC(=O)C3CCCC3)n2)cc1. The Labute approximate surface area is 163 Å². The van der Waals surface area contributed by atoms with E-state index in [0.717, 1.165) is 43.4 Å². The number of aromatic nitrogens is 1. The molecule has 7 heteroatoms. The molecular weight excluding hydrogens is 362 g/mol. The molecule has 2 aromatic rings. The molecule has 1 aromatic heterocycles. The molecule has 0 radical (unpaired) electrons. The lowest BCUT2D eigenvalue weighted by molar-refractivity contribution is -0.120. The lowest BCUT2D eigenvalue weighted by atomic mass is 10.1. The molecule has 0 bridgehead atoms. The Morgan fingerprint density at radius 1 is 1.22 bits per heavy atom. The lowest BCUT2D eigenvalue weighted by Crippen LogP contribution is -2.27. The monoisotopic (exact) mass is 387 g/mol. The molecule has 2 amide bonds. The van der Waals surface area contributed by atoms with Crippen LogP contribution in [0.15, 0.2) is 29.6 Å². The van der Waals surface area contributed by atoms with Gasteiger partial charge in [-0.05, 0) is 37.0 Å². The molecule has 0 unspecified atom stereocenters. The number of carbonyl (C=O) groups excluding carboxylic acids is 2. The number of nitrogens with one attached hydrogen (secondary N) is 2. The topological polar surface area (TPSA) is 80.3 Å². The number of anilines is 1. The molecule has 1 fully saturated rings. The van der Waals surface area contributed by atoms with Gasteiger partial charge in [-0.1, -0.05) is 25.0 Å². The maximum Gasteiger partial charge on any atom is 0.229 e. The summed E-state index contributed by atoms with van der Waals surface area (Å²) < 4.78 is 5.13. The predicted octanol–water partition coefficient (Wildman–Crippen LogP) is 3.18. The van der Waals surface area contributed by atoms with Crippen molar-refractivity contribution >= 4 is 28.3 Å². The third-order valence-corrected chi connectivity index (χ3v) is 5.55. The molecule has 27 heavy (non-hydrogen) atoms. The van der Waals surface area contributed by atoms with Crippen LogP contribution in [0.5, 0.6) is 5.75 Å². The normalized spacial score (nSPS) is 14.1. The van der Waals surface area contributed by atoms with Crippen molar-refractivity contribution in [1.82, 2.24) is 10.3 Å². The predicted molar refractivity (Wildman–Crippen MR) is 106 cm³/mol. The number of hydrogen-bond donors (Lipinski definition) is 2. The molecule has 3 rings (SSSR count). The molecule has 1 saturated carbocycles. The van der Waals surface area contributed by atoms with Crippen LogP contribution < -0.4 is 15.4 Å². The molecule has 1 heterocycles. The number of thiazole rings is 1. The summed E-state index contributed by atoms with van der Waals surface area (Å²) in [6.45, 7) is 0.570. The zero-order valence-corrected chi connectivity index (χ0v) is 16.3. The van der Waals surface area contributed by atoms with Crippen LogP contribution in [0, 0.1) is 5.92 Å². The first kappa shape index (κ1) is 19.4. The fraction of sp³-hybridized carbons (Fsp3) is 0.450. The second-order valence-electron chi connectivity index (χ2n) is 6.74. The van der Waals surface area contributed by atoms with E-state index in [1.807, 2.05) is 29.6 Å². The summed E-state index contributed by atoms with van der Waals surface area (Å²) in [7, 11) is 1.64. The molecule has 1 aliphatic rings. The Kier molecular flexibility index (Phi) is 6.81. The van der Waals surface area contributed by atoms with Crippen LogP contribution in [0.4, 0.5) is 5.13 Å². The van der Waals surface area contributed by atoms with E-state index in [2.05, 4.69) is 15.6 Å². The number of carbonyl (C=O) groups is 2. The van der Waals surface area contributed by atoms with Gasteiger partial charge in [0.1, 0.15) is 5.75 Å². The zero-order valence-electron chi connectivity index (χ0n) is 15.5. The Morgan fingerprint density at radius 3 is 2.67 bits per heavy atom. The lowest BCUT2D eigenvalue weighted by Gasteiger charge is -2.07. The van der Waals surface area contributed by atoms with Crippen molar-refractivity contribution < 1.29 is 14.3 Å². The average molecular weight is 388 g/mol. The van der Waals surface area contributed by atoms with Crippen LogP contribution in [0.2, 0.25) is 0 Å². The van der Waals surface area contributed by atoms with E-state index in [9.17, 15) is 9.59 Å². The van der Waals surface area contributed by atoms with Gasteiger partial charge in [0, 0.05) is 17.8 Å². The van der Waals surface area contributed by atoms with E-state index in [0.29, 0.717) is 17.4 Å². The third-order valence-electron chi connectivity index (χ3n) is 4.74. The molecule has 0 aliphatic heterocycles. The maximum absolute atomic E-state index is 12.1. The Hall–Kier alpha value is -2.41. The van der Waals surface area contributed by atoms with Gasteiger partial charge in [0.15, 0.2) is 5.13 Å². The van der Waals surface area contributed by atoms with E-state index in [-0.39, 0.29) is 24.2 Å². The van der Waals surface area contributed by atoms with Gasteiger partial charge in [-0.25, -0.2) is 4.98 Å². The van der Waals surface area contributed by atoms with Gasteiger partial charge in [-0.3, -0.25) is 9.59 Å². The highest BCUT2D eigenvalue weighted by atomic mass is 32.1. The molecule has 0 atom stereocenters. The molecule has 0 spiro atoms. The minimum atomic E-state index is -0.0671. The summed E-state index contributed by atoms with van der Waals surface area (Å²) in [5, 5.41) is 8.19. The largest absolute Gasteiger partial charge is 0.497 e. The number of nitrogens with zero attached hydrogens (tertiary/aromatic N) is 1. The van der Waals surface area contributed by atoms with E-state index in [4.69, 9.17) is 4.74 Å². The fourth-order valence-electron chi connectivity index (χ4n) is 3.21. The summed E-state index contributed by atoms with van der Waals surface area (Å²) >= 11 is 1.37. The summed E-state index contributed by atoms with van der Waals surface area (Å²) in [4.78, 5) is 28.6. The summed E-state index contributed by atoms with van der Waals surface area (Å²) in [6, 6.07) is 7.80. The zero-order chi connectivity index (χ0) is 19.1. The molecular formula is C20H25N3O3S. The van der Waals surface area contributed by atoms with Crippen LogP contribution in [0.1, 0.15) is 36.9 Å². The quantitative estimate of drug-likeness (QED) is 0.729. The standard InChI is InChI=1S/C20H25N3O3S/c1-26-17-8-6-14(7-9-17)10-11-21-18(24)12-16-13-27-20(22-16)23-19(25)15-4-2-3-5-15/h6-9,13,15H,2-5,10-12H2,1H3,(H,21,24)(H,22,23,25). The minimum Gasteiger partial charge on any atom is -0.497 e. The number of benzene rings is 1. The van der Waals surface area contributed by atoms with Crippen molar-refractivity contribution in [1.29, 1.82) is 0 Å². The highest BCUT2D eigenvalue weighted by Crippen LogP contribution is 2.26. The van der Waals surface area contributed by atoms with E-state index in [1.165, 1.54) is 11.3 Å². The van der Waals surface area contributed by atoms with E-state index in [1.54, 1.807) is 7.11 Å². The van der Waals surface area contributed by atoms with Crippen LogP contribution in [-0.4, -0.2) is 30.5 Å². The molecule has 1 aromatic carbocycles. The van der Waals surface area contributed by atoms with Crippen LogP contribution in [-0.2, 0) is 22.4 Å². The van der Waals surface area contributed by atoms with Gasteiger partial charge in [-0.15, -0.1) is 11.3 Å². The van der Waals surface area contributed by atoms with Crippen molar-refractivity contribution in [2.75, 3.05) is 19.0 Å². The number of rotatable bonds is 8. The second-order valence-corrected chi connectivity index (χ2v) is 7.60. The summed E-state index contributed by atoms with van der Waals surface area (Å²) in [6.07, 6.45) is 5.14. The number of ether oxygens (including phenoxy) is 1. The smallest absolute Gasteiger partial charge is 0.229 e. The molecule has 2 N–H and O–H groups in total. The van der Waals surface area contributed by atoms with Gasteiger partial charge >= 0.3 is 0 Å². The van der Waals surface area contributed by atoms with Crippen molar-refractivity contribution in [3.8, 4) is 5.75 Å². The molecule has 144 valence electrons. The summed E-state index contributed by atoms with van der Waals surface area (Å²) in [5.41, 5.74) is 1.82. The highest BCUT2D eigenvalue weighted by molar-refractivity contribution is 7.13. The van der Waals surface area contributed by atoms with Gasteiger partial charge in [-0.2, -0.15) is 0 Å². The highest BCUT2D eigenvalue weighted by Gasteiger charge is 2.23. The van der Waals surface area contributed by atoms with Crippen LogP contribution in [0.3, 0.4) is 0 Å². The van der Waals surface area contributed by atoms with Crippen molar-refractivity contribution in [2.45, 2.75) is 38.5 Å².